The summed E-state index contributed by atoms with van der Waals surface area (Å²) in [6.07, 6.45) is 7.58. The third kappa shape index (κ3) is 10.0. The second-order valence-corrected chi connectivity index (χ2v) is 13.3. The number of nitrogens with one attached hydrogen (secondary N) is 1. The van der Waals surface area contributed by atoms with Gasteiger partial charge in [-0.25, -0.2) is 0 Å². The summed E-state index contributed by atoms with van der Waals surface area (Å²) >= 11 is 0. The minimum absolute atomic E-state index is 0.0698. The minimum Gasteiger partial charge on any atom is -0.490 e. The SMILES string of the molecule is C[C@@H]1CCCCO[C@H](CN(C)C(=O)C2CCCCC2)[C@@H](C)CN([C@H](C)CO)C(=O)c2cc(NC(=O)Cc3ccccc3)ccc2O1. The first-order valence-electron chi connectivity index (χ1n) is 17.1. The highest BCUT2D eigenvalue weighted by molar-refractivity contribution is 6.00. The summed E-state index contributed by atoms with van der Waals surface area (Å²) < 4.78 is 12.7. The smallest absolute Gasteiger partial charge is 0.258 e. The van der Waals surface area contributed by atoms with Crippen molar-refractivity contribution < 1.29 is 29.0 Å². The monoisotopic (exact) mass is 635 g/mol. The van der Waals surface area contributed by atoms with E-state index in [1.807, 2.05) is 63.1 Å². The topological polar surface area (TPSA) is 108 Å². The van der Waals surface area contributed by atoms with Crippen LogP contribution in [-0.4, -0.2) is 84.2 Å². The molecule has 3 amide bonds. The molecule has 0 bridgehead atoms. The van der Waals surface area contributed by atoms with Gasteiger partial charge in [0.25, 0.3) is 5.91 Å². The molecular formula is C37H53N3O6. The first-order chi connectivity index (χ1) is 22.2. The van der Waals surface area contributed by atoms with Gasteiger partial charge in [-0.2, -0.15) is 0 Å². The van der Waals surface area contributed by atoms with Crippen molar-refractivity contribution in [2.45, 2.75) is 96.8 Å². The van der Waals surface area contributed by atoms with E-state index in [0.717, 1.165) is 50.5 Å². The number of nitrogens with zero attached hydrogens (tertiary/aromatic N) is 2. The molecule has 2 aromatic rings. The zero-order valence-corrected chi connectivity index (χ0v) is 28.1. The molecule has 2 N–H and O–H groups in total. The lowest BCUT2D eigenvalue weighted by atomic mass is 9.88. The predicted molar refractivity (Wildman–Crippen MR) is 180 cm³/mol. The van der Waals surface area contributed by atoms with E-state index in [1.165, 1.54) is 6.42 Å². The van der Waals surface area contributed by atoms with Crippen LogP contribution in [0, 0.1) is 11.8 Å². The molecule has 252 valence electrons. The molecule has 0 spiro atoms. The summed E-state index contributed by atoms with van der Waals surface area (Å²) in [5.74, 6) is 0.0874. The lowest BCUT2D eigenvalue weighted by Crippen LogP contribution is -2.48. The molecule has 1 fully saturated rings. The second kappa shape index (κ2) is 17.5. The number of anilines is 1. The fourth-order valence-corrected chi connectivity index (χ4v) is 6.47. The lowest BCUT2D eigenvalue weighted by Gasteiger charge is -2.36. The number of amides is 3. The van der Waals surface area contributed by atoms with Crippen LogP contribution in [-0.2, 0) is 20.7 Å². The van der Waals surface area contributed by atoms with Gasteiger partial charge in [0.1, 0.15) is 5.75 Å². The number of carbonyl (C=O) groups excluding carboxylic acids is 3. The van der Waals surface area contributed by atoms with Crippen LogP contribution in [0.2, 0.25) is 0 Å². The van der Waals surface area contributed by atoms with E-state index in [4.69, 9.17) is 9.47 Å². The summed E-state index contributed by atoms with van der Waals surface area (Å²) in [7, 11) is 1.86. The molecule has 1 saturated carbocycles. The number of ether oxygens (including phenoxy) is 2. The van der Waals surface area contributed by atoms with Crippen molar-refractivity contribution in [3.05, 3.63) is 59.7 Å². The molecule has 9 nitrogen and oxygen atoms in total. The molecule has 1 heterocycles. The van der Waals surface area contributed by atoms with E-state index < -0.39 is 6.04 Å². The van der Waals surface area contributed by atoms with Crippen molar-refractivity contribution in [3.63, 3.8) is 0 Å². The second-order valence-electron chi connectivity index (χ2n) is 13.3. The van der Waals surface area contributed by atoms with Gasteiger partial charge >= 0.3 is 0 Å². The molecule has 4 atom stereocenters. The standard InChI is InChI=1S/C37H53N3O6/c1-26-23-40(27(2)25-41)37(44)32-22-31(38-35(42)21-29-14-7-5-8-15-29)18-19-33(32)46-28(3)13-11-12-20-45-34(26)24-39(4)36(43)30-16-9-6-10-17-30/h5,7-8,14-15,18-19,22,26-28,30,34,41H,6,9-13,16-17,20-21,23-25H2,1-4H3,(H,38,42)/t26-,27+,28+,34+/m0/s1. The highest BCUT2D eigenvalue weighted by Gasteiger charge is 2.32. The van der Waals surface area contributed by atoms with Crippen LogP contribution in [0.25, 0.3) is 0 Å². The normalized spacial score (nSPS) is 22.6. The highest BCUT2D eigenvalue weighted by Crippen LogP contribution is 2.29. The van der Waals surface area contributed by atoms with Gasteiger partial charge in [-0.3, -0.25) is 14.4 Å². The summed E-state index contributed by atoms with van der Waals surface area (Å²) in [4.78, 5) is 44.0. The Morgan fingerprint density at radius 1 is 1.02 bits per heavy atom. The summed E-state index contributed by atoms with van der Waals surface area (Å²) in [5, 5.41) is 13.2. The fourth-order valence-electron chi connectivity index (χ4n) is 6.47. The van der Waals surface area contributed by atoms with Crippen LogP contribution in [0.4, 0.5) is 5.69 Å². The quantitative estimate of drug-likeness (QED) is 0.385. The Morgan fingerprint density at radius 3 is 2.46 bits per heavy atom. The first kappa shape index (κ1) is 35.4. The molecule has 2 aromatic carbocycles. The van der Waals surface area contributed by atoms with Gasteiger partial charge in [0.15, 0.2) is 0 Å². The maximum absolute atomic E-state index is 14.3. The lowest BCUT2D eigenvalue weighted by molar-refractivity contribution is -0.138. The Morgan fingerprint density at radius 2 is 1.74 bits per heavy atom. The summed E-state index contributed by atoms with van der Waals surface area (Å²) in [5.41, 5.74) is 1.72. The van der Waals surface area contributed by atoms with Crippen LogP contribution in [0.5, 0.6) is 5.75 Å². The number of carbonyl (C=O) groups is 3. The van der Waals surface area contributed by atoms with Crippen molar-refractivity contribution in [2.24, 2.45) is 11.8 Å². The zero-order chi connectivity index (χ0) is 33.1. The molecule has 0 aromatic heterocycles. The highest BCUT2D eigenvalue weighted by atomic mass is 16.5. The van der Waals surface area contributed by atoms with E-state index in [0.29, 0.717) is 36.7 Å². The molecule has 9 heteroatoms. The number of rotatable bonds is 8. The Kier molecular flexibility index (Phi) is 13.5. The van der Waals surface area contributed by atoms with Gasteiger partial charge < -0.3 is 29.7 Å². The van der Waals surface area contributed by atoms with Crippen molar-refractivity contribution >= 4 is 23.4 Å². The summed E-state index contributed by atoms with van der Waals surface area (Å²) in [6, 6.07) is 14.2. The van der Waals surface area contributed by atoms with Crippen molar-refractivity contribution in [1.82, 2.24) is 9.80 Å². The van der Waals surface area contributed by atoms with Crippen LogP contribution >= 0.6 is 0 Å². The fraction of sp³-hybridized carbons (Fsp3) is 0.595. The average Bonchev–Trinajstić information content (AvgIpc) is 3.06. The van der Waals surface area contributed by atoms with Gasteiger partial charge in [-0.15, -0.1) is 0 Å². The van der Waals surface area contributed by atoms with E-state index in [2.05, 4.69) is 5.32 Å². The summed E-state index contributed by atoms with van der Waals surface area (Å²) in [6.45, 7) is 6.94. The van der Waals surface area contributed by atoms with Crippen LogP contribution in [0.3, 0.4) is 0 Å². The molecule has 1 aliphatic carbocycles. The van der Waals surface area contributed by atoms with Crippen LogP contribution in [0.15, 0.2) is 48.5 Å². The predicted octanol–water partition coefficient (Wildman–Crippen LogP) is 5.70. The molecular weight excluding hydrogens is 582 g/mol. The van der Waals surface area contributed by atoms with E-state index >= 15 is 0 Å². The maximum atomic E-state index is 14.3. The number of fused-ring (bicyclic) bond motifs is 1. The molecule has 0 unspecified atom stereocenters. The Bertz CT molecular complexity index is 1280. The van der Waals surface area contributed by atoms with Crippen LogP contribution < -0.4 is 10.1 Å². The number of aliphatic hydroxyl groups is 1. The third-order valence-electron chi connectivity index (χ3n) is 9.33. The molecule has 1 aliphatic heterocycles. The maximum Gasteiger partial charge on any atom is 0.258 e. The van der Waals surface area contributed by atoms with Gasteiger partial charge in [0.2, 0.25) is 11.8 Å². The largest absolute Gasteiger partial charge is 0.490 e. The number of hydrogen-bond acceptors (Lipinski definition) is 6. The number of benzene rings is 2. The van der Waals surface area contributed by atoms with E-state index in [9.17, 15) is 19.5 Å². The Balaban J connectivity index is 1.58. The molecule has 0 saturated heterocycles. The van der Waals surface area contributed by atoms with Crippen molar-refractivity contribution in [3.8, 4) is 5.75 Å². The molecule has 4 rings (SSSR count). The van der Waals surface area contributed by atoms with Gasteiger partial charge in [0.05, 0.1) is 36.8 Å². The molecule has 46 heavy (non-hydrogen) atoms. The van der Waals surface area contributed by atoms with Gasteiger partial charge in [-0.1, -0.05) is 56.5 Å². The number of hydrogen-bond donors (Lipinski definition) is 2. The average molecular weight is 636 g/mol. The van der Waals surface area contributed by atoms with Crippen LogP contribution in [0.1, 0.15) is 88.1 Å². The number of likely N-dealkylation sites (N-methyl/N-ethyl adjacent to an activating group) is 1. The van der Waals surface area contributed by atoms with Gasteiger partial charge in [0, 0.05) is 44.3 Å². The van der Waals surface area contributed by atoms with E-state index in [1.54, 1.807) is 23.1 Å². The molecule has 0 radical (unpaired) electrons. The molecule has 2 aliphatic rings. The minimum atomic E-state index is -0.480. The van der Waals surface area contributed by atoms with Crippen molar-refractivity contribution in [1.29, 1.82) is 0 Å². The third-order valence-corrected chi connectivity index (χ3v) is 9.33. The van der Waals surface area contributed by atoms with E-state index in [-0.39, 0.29) is 54.8 Å². The zero-order valence-electron chi connectivity index (χ0n) is 28.1. The van der Waals surface area contributed by atoms with Crippen molar-refractivity contribution in [2.75, 3.05) is 38.7 Å². The first-order valence-corrected chi connectivity index (χ1v) is 17.1. The van der Waals surface area contributed by atoms with Gasteiger partial charge in [-0.05, 0) is 69.7 Å². The number of aliphatic hydroxyl groups excluding tert-OH is 1. The Hall–Kier alpha value is -3.43. The Labute approximate surface area is 274 Å².